The van der Waals surface area contributed by atoms with Crippen molar-refractivity contribution in [2.75, 3.05) is 0 Å². The van der Waals surface area contributed by atoms with Crippen LogP contribution in [0.2, 0.25) is 20.1 Å². The lowest BCUT2D eigenvalue weighted by molar-refractivity contribution is 0.483. The van der Waals surface area contributed by atoms with Crippen molar-refractivity contribution >= 4 is 57.3 Å². The molecule has 3 aromatic carbocycles. The van der Waals surface area contributed by atoms with Gasteiger partial charge < -0.3 is 4.74 Å². The number of nitrogens with one attached hydrogen (secondary N) is 1. The lowest BCUT2D eigenvalue weighted by Crippen LogP contribution is -2.33. The van der Waals surface area contributed by atoms with Crippen molar-refractivity contribution in [2.24, 2.45) is 0 Å². The smallest absolute Gasteiger partial charge is 0.349 e. The van der Waals surface area contributed by atoms with Crippen molar-refractivity contribution in [2.45, 2.75) is 6.92 Å². The molecule has 5 aromatic rings. The topological polar surface area (TPSA) is 114 Å². The number of aromatic amines is 1. The Balaban J connectivity index is 1.50. The maximum Gasteiger partial charge on any atom is 0.349 e. The summed E-state index contributed by atoms with van der Waals surface area (Å²) in [6, 6.07) is 14.2. The van der Waals surface area contributed by atoms with Crippen LogP contribution in [0, 0.1) is 24.1 Å². The van der Waals surface area contributed by atoms with Gasteiger partial charge in [-0.2, -0.15) is 9.94 Å². The van der Waals surface area contributed by atoms with Crippen LogP contribution in [0.25, 0.3) is 27.8 Å². The second-order valence-electron chi connectivity index (χ2n) is 8.23. The highest BCUT2D eigenvalue weighted by Gasteiger charge is 2.16. The molecule has 0 spiro atoms. The number of rotatable bonds is 4. The summed E-state index contributed by atoms with van der Waals surface area (Å²) >= 11 is 24.7. The molecule has 0 fully saturated rings. The highest BCUT2D eigenvalue weighted by atomic mass is 35.5. The van der Waals surface area contributed by atoms with Gasteiger partial charge >= 0.3 is 5.69 Å². The lowest BCUT2D eigenvalue weighted by Gasteiger charge is -2.13. The first-order valence-electron chi connectivity index (χ1n) is 10.9. The van der Waals surface area contributed by atoms with Crippen molar-refractivity contribution in [3.63, 3.8) is 0 Å². The van der Waals surface area contributed by atoms with Gasteiger partial charge in [0, 0.05) is 10.9 Å². The van der Waals surface area contributed by atoms with Gasteiger partial charge in [-0.1, -0.05) is 46.4 Å². The monoisotopic (exact) mass is 601 g/mol. The molecule has 0 unspecified atom stereocenters. The van der Waals surface area contributed by atoms with E-state index in [0.29, 0.717) is 22.5 Å². The molecular weight excluding hydrogens is 591 g/mol. The molecule has 13 heteroatoms. The fourth-order valence-electron chi connectivity index (χ4n) is 3.82. The van der Waals surface area contributed by atoms with Gasteiger partial charge in [0.15, 0.2) is 11.6 Å². The van der Waals surface area contributed by atoms with Gasteiger partial charge in [0.2, 0.25) is 5.69 Å². The summed E-state index contributed by atoms with van der Waals surface area (Å²) in [7, 11) is 0. The molecule has 5 rings (SSSR count). The number of fused-ring (bicyclic) bond motifs is 1. The maximum atomic E-state index is 13.9. The van der Waals surface area contributed by atoms with Crippen LogP contribution in [-0.2, 0) is 0 Å². The van der Waals surface area contributed by atoms with E-state index >= 15 is 0 Å². The van der Waals surface area contributed by atoms with E-state index in [-0.39, 0.29) is 31.5 Å². The lowest BCUT2D eigenvalue weighted by atomic mass is 10.0. The first-order chi connectivity index (χ1) is 18.5. The second-order valence-corrected chi connectivity index (χ2v) is 9.86. The Kier molecular flexibility index (Phi) is 7.05. The van der Waals surface area contributed by atoms with Gasteiger partial charge in [-0.05, 0) is 61.0 Å². The Morgan fingerprint density at radius 2 is 1.64 bits per heavy atom. The van der Waals surface area contributed by atoms with Gasteiger partial charge in [-0.15, -0.1) is 5.10 Å². The second kappa shape index (κ2) is 10.3. The standard InChI is InChI=1S/C26H12Cl4FN5O3/c1-11-4-21(12-5-16(27)23(31)17(28)6-12)33-20-3-2-14(9-15(11)20)39-24-18(29)7-13(8-19(24)30)36-26(38)34-25(37)22(10-32)35-36/h2-9H,1H3,(H,34,37,38). The SMILES string of the molecule is Cc1cc(-c2cc(Cl)c(F)c(Cl)c2)nc2ccc(Oc3c(Cl)cc(-n4nc(C#N)c(=O)[nH]c4=O)cc3Cl)cc12. The van der Waals surface area contributed by atoms with Crippen LogP contribution in [0.4, 0.5) is 4.39 Å². The van der Waals surface area contributed by atoms with E-state index in [9.17, 15) is 14.0 Å². The number of nitrogens with zero attached hydrogens (tertiary/aromatic N) is 4. The van der Waals surface area contributed by atoms with E-state index in [1.807, 2.05) is 18.0 Å². The highest BCUT2D eigenvalue weighted by molar-refractivity contribution is 6.37. The van der Waals surface area contributed by atoms with Crippen molar-refractivity contribution in [3.8, 4) is 34.5 Å². The van der Waals surface area contributed by atoms with E-state index in [1.165, 1.54) is 24.3 Å². The molecule has 0 saturated carbocycles. The zero-order chi connectivity index (χ0) is 28.0. The Hall–Kier alpha value is -3.94. The van der Waals surface area contributed by atoms with Gasteiger partial charge in [-0.3, -0.25) is 9.78 Å². The van der Waals surface area contributed by atoms with E-state index in [4.69, 9.17) is 56.4 Å². The molecule has 0 aliphatic carbocycles. The van der Waals surface area contributed by atoms with E-state index in [1.54, 1.807) is 24.3 Å². The number of halogens is 5. The predicted molar refractivity (Wildman–Crippen MR) is 147 cm³/mol. The average Bonchev–Trinajstić information content (AvgIpc) is 2.89. The van der Waals surface area contributed by atoms with Gasteiger partial charge in [-0.25, -0.2) is 14.2 Å². The third-order valence-corrected chi connectivity index (χ3v) is 6.76. The average molecular weight is 603 g/mol. The zero-order valence-electron chi connectivity index (χ0n) is 19.5. The van der Waals surface area contributed by atoms with E-state index in [2.05, 4.69) is 10.1 Å². The molecule has 2 heterocycles. The quantitative estimate of drug-likeness (QED) is 0.225. The summed E-state index contributed by atoms with van der Waals surface area (Å²) < 4.78 is 20.6. The third-order valence-electron chi connectivity index (χ3n) is 5.65. The minimum atomic E-state index is -0.908. The van der Waals surface area contributed by atoms with E-state index in [0.717, 1.165) is 15.6 Å². The molecule has 1 N–H and O–H groups in total. The number of benzene rings is 3. The van der Waals surface area contributed by atoms with Crippen LogP contribution < -0.4 is 16.0 Å². The number of H-pyrrole nitrogens is 1. The summed E-state index contributed by atoms with van der Waals surface area (Å²) in [6.45, 7) is 1.88. The molecule has 0 saturated heterocycles. The first-order valence-corrected chi connectivity index (χ1v) is 12.4. The number of hydrogen-bond donors (Lipinski definition) is 1. The Morgan fingerprint density at radius 1 is 0.974 bits per heavy atom. The van der Waals surface area contributed by atoms with Crippen LogP contribution >= 0.6 is 46.4 Å². The number of aryl methyl sites for hydroxylation is 1. The Morgan fingerprint density at radius 3 is 2.28 bits per heavy atom. The highest BCUT2D eigenvalue weighted by Crippen LogP contribution is 2.39. The molecule has 0 radical (unpaired) electrons. The number of hydrogen-bond acceptors (Lipinski definition) is 6. The van der Waals surface area contributed by atoms with Crippen molar-refractivity contribution in [3.05, 3.63) is 107 Å². The Bertz CT molecular complexity index is 1940. The van der Waals surface area contributed by atoms with Gasteiger partial charge in [0.25, 0.3) is 5.56 Å². The molecule has 2 aromatic heterocycles. The fraction of sp³-hybridized carbons (Fsp3) is 0.0385. The largest absolute Gasteiger partial charge is 0.454 e. The van der Waals surface area contributed by atoms with Gasteiger partial charge in [0.05, 0.1) is 37.0 Å². The zero-order valence-corrected chi connectivity index (χ0v) is 22.5. The van der Waals surface area contributed by atoms with E-state index < -0.39 is 22.8 Å². The predicted octanol–water partition coefficient (Wildman–Crippen LogP) is 6.86. The number of nitriles is 1. The first kappa shape index (κ1) is 26.7. The molecule has 39 heavy (non-hydrogen) atoms. The van der Waals surface area contributed by atoms with Crippen LogP contribution in [0.5, 0.6) is 11.5 Å². The fourth-order valence-corrected chi connectivity index (χ4v) is 4.86. The minimum Gasteiger partial charge on any atom is -0.454 e. The summed E-state index contributed by atoms with van der Waals surface area (Å²) in [4.78, 5) is 30.5. The summed E-state index contributed by atoms with van der Waals surface area (Å²) in [5.74, 6) is -0.186. The molecule has 0 bridgehead atoms. The molecule has 194 valence electrons. The van der Waals surface area contributed by atoms with Gasteiger partial charge in [0.1, 0.15) is 11.8 Å². The molecule has 0 aliphatic rings. The molecule has 0 atom stereocenters. The number of aromatic nitrogens is 4. The molecule has 0 aliphatic heterocycles. The normalized spacial score (nSPS) is 11.0. The van der Waals surface area contributed by atoms with Crippen molar-refractivity contribution in [1.29, 1.82) is 5.26 Å². The molecule has 8 nitrogen and oxygen atoms in total. The molecular formula is C26H12Cl4FN5O3. The van der Waals surface area contributed by atoms with Crippen LogP contribution in [0.15, 0.2) is 58.1 Å². The maximum absolute atomic E-state index is 13.9. The Labute approximate surface area is 238 Å². The summed E-state index contributed by atoms with van der Waals surface area (Å²) in [5.41, 5.74) is 0.437. The number of pyridine rings is 1. The van der Waals surface area contributed by atoms with Crippen LogP contribution in [-0.4, -0.2) is 19.7 Å². The third kappa shape index (κ3) is 5.07. The number of ether oxygens (including phenoxy) is 1. The van der Waals surface area contributed by atoms with Crippen molar-refractivity contribution in [1.82, 2.24) is 19.7 Å². The molecule has 0 amide bonds. The summed E-state index contributed by atoms with van der Waals surface area (Å²) in [5, 5.41) is 13.5. The van der Waals surface area contributed by atoms with Crippen LogP contribution in [0.1, 0.15) is 11.3 Å². The van der Waals surface area contributed by atoms with Crippen LogP contribution in [0.3, 0.4) is 0 Å². The summed E-state index contributed by atoms with van der Waals surface area (Å²) in [6.07, 6.45) is 0. The van der Waals surface area contributed by atoms with Crippen molar-refractivity contribution < 1.29 is 9.13 Å². The minimum absolute atomic E-state index is 0.0475.